The van der Waals surface area contributed by atoms with E-state index in [2.05, 4.69) is 62.0 Å². The van der Waals surface area contributed by atoms with Crippen molar-refractivity contribution in [2.24, 2.45) is 0 Å². The number of hydrogen-bond acceptors (Lipinski definition) is 3. The molecule has 0 amide bonds. The summed E-state index contributed by atoms with van der Waals surface area (Å²) in [5, 5.41) is 3.46. The Hall–Kier alpha value is -1.55. The maximum Gasteiger partial charge on any atom is 0.112 e. The average molecular weight is 275 g/mol. The highest BCUT2D eigenvalue weighted by Crippen LogP contribution is 2.24. The van der Waals surface area contributed by atoms with E-state index in [4.69, 9.17) is 4.74 Å². The largest absolute Gasteiger partial charge is 0.380 e. The molecule has 1 aromatic carbocycles. The molecular formula is C16H25N3O. The molecule has 0 fully saturated rings. The molecule has 1 aromatic heterocycles. The second-order valence-electron chi connectivity index (χ2n) is 6.44. The van der Waals surface area contributed by atoms with Crippen molar-refractivity contribution in [2.75, 3.05) is 12.4 Å². The summed E-state index contributed by atoms with van der Waals surface area (Å²) in [6.07, 6.45) is 0.164. The van der Waals surface area contributed by atoms with E-state index in [0.717, 1.165) is 22.5 Å². The molecule has 2 atom stereocenters. The number of rotatable bonds is 4. The average Bonchev–Trinajstić information content (AvgIpc) is 2.80. The summed E-state index contributed by atoms with van der Waals surface area (Å²) in [7, 11) is 1.73. The van der Waals surface area contributed by atoms with Gasteiger partial charge in [0.1, 0.15) is 5.82 Å². The monoisotopic (exact) mass is 275 g/mol. The number of ether oxygens (including phenoxy) is 1. The fourth-order valence-corrected chi connectivity index (χ4v) is 2.04. The van der Waals surface area contributed by atoms with Crippen molar-refractivity contribution in [3.05, 3.63) is 24.0 Å². The van der Waals surface area contributed by atoms with Crippen molar-refractivity contribution in [1.29, 1.82) is 0 Å². The number of aromatic nitrogens is 2. The highest BCUT2D eigenvalue weighted by atomic mass is 16.5. The molecule has 110 valence electrons. The van der Waals surface area contributed by atoms with E-state index in [1.165, 1.54) is 0 Å². The Labute approximate surface area is 120 Å². The molecule has 2 rings (SSSR count). The summed E-state index contributed by atoms with van der Waals surface area (Å²) in [6, 6.07) is 6.47. The SMILES string of the molecule is COC(C)C(C)Nc1ccc2nc(C(C)(C)C)[nH]c2c1. The summed E-state index contributed by atoms with van der Waals surface area (Å²) in [4.78, 5) is 8.06. The van der Waals surface area contributed by atoms with E-state index in [-0.39, 0.29) is 17.6 Å². The van der Waals surface area contributed by atoms with Crippen LogP contribution in [0.25, 0.3) is 11.0 Å². The molecule has 2 aromatic rings. The molecule has 0 saturated heterocycles. The Morgan fingerprint density at radius 3 is 2.55 bits per heavy atom. The molecule has 0 radical (unpaired) electrons. The Balaban J connectivity index is 2.25. The Morgan fingerprint density at radius 1 is 1.25 bits per heavy atom. The Morgan fingerprint density at radius 2 is 1.95 bits per heavy atom. The van der Waals surface area contributed by atoms with Crippen LogP contribution in [-0.4, -0.2) is 29.2 Å². The normalized spacial score (nSPS) is 15.3. The lowest BCUT2D eigenvalue weighted by molar-refractivity contribution is 0.106. The number of anilines is 1. The first-order valence-electron chi connectivity index (χ1n) is 7.11. The number of hydrogen-bond donors (Lipinski definition) is 2. The van der Waals surface area contributed by atoms with Crippen LogP contribution in [0.2, 0.25) is 0 Å². The van der Waals surface area contributed by atoms with Crippen molar-refractivity contribution < 1.29 is 4.74 Å². The van der Waals surface area contributed by atoms with Crippen LogP contribution in [0.3, 0.4) is 0 Å². The van der Waals surface area contributed by atoms with E-state index in [0.29, 0.717) is 0 Å². The number of benzene rings is 1. The minimum atomic E-state index is 0.0322. The van der Waals surface area contributed by atoms with Crippen molar-refractivity contribution in [3.8, 4) is 0 Å². The summed E-state index contributed by atoms with van der Waals surface area (Å²) >= 11 is 0. The number of fused-ring (bicyclic) bond motifs is 1. The maximum absolute atomic E-state index is 5.34. The van der Waals surface area contributed by atoms with Gasteiger partial charge in [0.25, 0.3) is 0 Å². The van der Waals surface area contributed by atoms with Gasteiger partial charge in [-0.1, -0.05) is 20.8 Å². The molecule has 0 bridgehead atoms. The molecular weight excluding hydrogens is 250 g/mol. The van der Waals surface area contributed by atoms with E-state index >= 15 is 0 Å². The van der Waals surface area contributed by atoms with E-state index < -0.39 is 0 Å². The van der Waals surface area contributed by atoms with Crippen LogP contribution in [0.4, 0.5) is 5.69 Å². The van der Waals surface area contributed by atoms with Crippen LogP contribution in [0, 0.1) is 0 Å². The number of H-pyrrole nitrogens is 1. The summed E-state index contributed by atoms with van der Waals surface area (Å²) in [6.45, 7) is 10.7. The van der Waals surface area contributed by atoms with E-state index in [1.807, 2.05) is 6.07 Å². The molecule has 0 saturated carbocycles. The number of imidazole rings is 1. The molecule has 2 unspecified atom stereocenters. The lowest BCUT2D eigenvalue weighted by atomic mass is 9.96. The molecule has 20 heavy (non-hydrogen) atoms. The van der Waals surface area contributed by atoms with Gasteiger partial charge in [0.05, 0.1) is 17.1 Å². The second kappa shape index (κ2) is 5.44. The van der Waals surface area contributed by atoms with Crippen molar-refractivity contribution in [1.82, 2.24) is 9.97 Å². The fraction of sp³-hybridized carbons (Fsp3) is 0.562. The topological polar surface area (TPSA) is 49.9 Å². The summed E-state index contributed by atoms with van der Waals surface area (Å²) < 4.78 is 5.34. The van der Waals surface area contributed by atoms with E-state index in [1.54, 1.807) is 7.11 Å². The molecule has 4 heteroatoms. The van der Waals surface area contributed by atoms with Gasteiger partial charge in [-0.05, 0) is 32.0 Å². The standard InChI is InChI=1S/C16H25N3O/c1-10(11(2)20-6)17-12-7-8-13-14(9-12)19-15(18-13)16(3,4)5/h7-11,17H,1-6H3,(H,18,19). The minimum absolute atomic E-state index is 0.0322. The predicted octanol–water partition coefficient (Wildman–Crippen LogP) is 3.70. The molecule has 0 spiro atoms. The van der Waals surface area contributed by atoms with Crippen molar-refractivity contribution in [3.63, 3.8) is 0 Å². The Bertz CT molecular complexity index is 583. The molecule has 2 N–H and O–H groups in total. The third-order valence-electron chi connectivity index (χ3n) is 3.66. The van der Waals surface area contributed by atoms with Crippen LogP contribution in [0.5, 0.6) is 0 Å². The zero-order valence-corrected chi connectivity index (χ0v) is 13.2. The zero-order chi connectivity index (χ0) is 14.9. The first-order valence-corrected chi connectivity index (χ1v) is 7.11. The second-order valence-corrected chi connectivity index (χ2v) is 6.44. The first kappa shape index (κ1) is 14.9. The van der Waals surface area contributed by atoms with Gasteiger partial charge in [0.2, 0.25) is 0 Å². The molecule has 1 heterocycles. The lowest BCUT2D eigenvalue weighted by Gasteiger charge is -2.20. The molecule has 4 nitrogen and oxygen atoms in total. The van der Waals surface area contributed by atoms with Gasteiger partial charge in [-0.15, -0.1) is 0 Å². The van der Waals surface area contributed by atoms with Gasteiger partial charge < -0.3 is 15.0 Å². The fourth-order valence-electron chi connectivity index (χ4n) is 2.04. The number of nitrogens with one attached hydrogen (secondary N) is 2. The smallest absolute Gasteiger partial charge is 0.112 e. The third kappa shape index (κ3) is 3.12. The molecule has 0 aliphatic carbocycles. The third-order valence-corrected chi connectivity index (χ3v) is 3.66. The number of methoxy groups -OCH3 is 1. The highest BCUT2D eigenvalue weighted by Gasteiger charge is 2.18. The highest BCUT2D eigenvalue weighted by molar-refractivity contribution is 5.79. The van der Waals surface area contributed by atoms with Crippen LogP contribution in [-0.2, 0) is 10.2 Å². The summed E-state index contributed by atoms with van der Waals surface area (Å²) in [5.41, 5.74) is 3.19. The molecule has 0 aliphatic rings. The van der Waals surface area contributed by atoms with Crippen molar-refractivity contribution >= 4 is 16.7 Å². The predicted molar refractivity (Wildman–Crippen MR) is 84.3 cm³/mol. The van der Waals surface area contributed by atoms with Gasteiger partial charge in [-0.3, -0.25) is 0 Å². The van der Waals surface area contributed by atoms with Crippen molar-refractivity contribution in [2.45, 2.75) is 52.2 Å². The number of nitrogens with zero attached hydrogens (tertiary/aromatic N) is 1. The van der Waals surface area contributed by atoms with Crippen LogP contribution in [0.1, 0.15) is 40.4 Å². The molecule has 0 aliphatic heterocycles. The zero-order valence-electron chi connectivity index (χ0n) is 13.2. The Kier molecular flexibility index (Phi) is 4.04. The van der Waals surface area contributed by atoms with E-state index in [9.17, 15) is 0 Å². The van der Waals surface area contributed by atoms with Crippen LogP contribution in [0.15, 0.2) is 18.2 Å². The van der Waals surface area contributed by atoms with Gasteiger partial charge in [0.15, 0.2) is 0 Å². The van der Waals surface area contributed by atoms with Gasteiger partial charge in [0, 0.05) is 24.3 Å². The summed E-state index contributed by atoms with van der Waals surface area (Å²) in [5.74, 6) is 1.02. The van der Waals surface area contributed by atoms with Gasteiger partial charge in [-0.25, -0.2) is 4.98 Å². The van der Waals surface area contributed by atoms with Crippen LogP contribution < -0.4 is 5.32 Å². The minimum Gasteiger partial charge on any atom is -0.380 e. The lowest BCUT2D eigenvalue weighted by Crippen LogP contribution is -2.29. The van der Waals surface area contributed by atoms with Crippen LogP contribution >= 0.6 is 0 Å². The quantitative estimate of drug-likeness (QED) is 0.894. The number of aromatic amines is 1. The maximum atomic E-state index is 5.34. The first-order chi connectivity index (χ1) is 9.31. The van der Waals surface area contributed by atoms with Gasteiger partial charge in [-0.2, -0.15) is 0 Å². The van der Waals surface area contributed by atoms with Gasteiger partial charge >= 0.3 is 0 Å².